The van der Waals surface area contributed by atoms with Gasteiger partial charge in [0.1, 0.15) is 0 Å². The molecular formula is C15H16ClNO2. The fourth-order valence-corrected chi connectivity index (χ4v) is 2.39. The summed E-state index contributed by atoms with van der Waals surface area (Å²) < 4.78 is 0. The van der Waals surface area contributed by atoms with E-state index < -0.39 is 11.7 Å². The van der Waals surface area contributed by atoms with Gasteiger partial charge in [-0.3, -0.25) is 9.59 Å². The Morgan fingerprint density at radius 1 is 1.21 bits per heavy atom. The number of hydrogen-bond donors (Lipinski definition) is 0. The summed E-state index contributed by atoms with van der Waals surface area (Å²) in [5.74, 6) is -0.876. The Morgan fingerprint density at radius 2 is 2.00 bits per heavy atom. The molecule has 2 rings (SSSR count). The van der Waals surface area contributed by atoms with Crippen molar-refractivity contribution in [1.82, 2.24) is 0 Å². The van der Waals surface area contributed by atoms with Crippen molar-refractivity contribution in [2.24, 2.45) is 0 Å². The van der Waals surface area contributed by atoms with Crippen LogP contribution in [0.15, 0.2) is 30.9 Å². The molecule has 3 nitrogen and oxygen atoms in total. The first-order valence-corrected chi connectivity index (χ1v) is 6.79. The number of carbonyl (C=O) groups excluding carboxylic acids is 2. The Labute approximate surface area is 117 Å². The minimum absolute atomic E-state index is 0.433. The summed E-state index contributed by atoms with van der Waals surface area (Å²) in [5, 5.41) is 0.540. The normalized spacial score (nSPS) is 13.8. The fourth-order valence-electron chi connectivity index (χ4n) is 2.22. The molecule has 0 spiro atoms. The molecule has 0 saturated carbocycles. The Kier molecular flexibility index (Phi) is 4.38. The zero-order chi connectivity index (χ0) is 13.8. The lowest BCUT2D eigenvalue weighted by Crippen LogP contribution is -2.30. The zero-order valence-corrected chi connectivity index (χ0v) is 11.4. The van der Waals surface area contributed by atoms with Crippen LogP contribution in [0.1, 0.15) is 36.0 Å². The Morgan fingerprint density at radius 3 is 2.74 bits per heavy atom. The number of ketones is 1. The van der Waals surface area contributed by atoms with Crippen molar-refractivity contribution in [3.8, 4) is 0 Å². The van der Waals surface area contributed by atoms with Crippen molar-refractivity contribution in [3.05, 3.63) is 41.4 Å². The summed E-state index contributed by atoms with van der Waals surface area (Å²) in [7, 11) is 0. The van der Waals surface area contributed by atoms with Crippen LogP contribution in [-0.4, -0.2) is 18.2 Å². The molecule has 1 aliphatic rings. The van der Waals surface area contributed by atoms with Crippen LogP contribution in [-0.2, 0) is 4.79 Å². The molecule has 0 aliphatic carbocycles. The number of fused-ring (bicyclic) bond motifs is 1. The van der Waals surface area contributed by atoms with Crippen LogP contribution in [0.2, 0.25) is 5.02 Å². The molecule has 0 atom stereocenters. The average molecular weight is 278 g/mol. The average Bonchev–Trinajstić information content (AvgIpc) is 2.63. The zero-order valence-electron chi connectivity index (χ0n) is 10.7. The van der Waals surface area contributed by atoms with E-state index in [1.54, 1.807) is 18.2 Å². The van der Waals surface area contributed by atoms with Crippen molar-refractivity contribution in [3.63, 3.8) is 0 Å². The fraction of sp³-hybridized carbons (Fsp3) is 0.333. The summed E-state index contributed by atoms with van der Waals surface area (Å²) in [6, 6.07) is 4.94. The second-order valence-corrected chi connectivity index (χ2v) is 5.02. The maximum atomic E-state index is 11.9. The van der Waals surface area contributed by atoms with Gasteiger partial charge in [-0.25, -0.2) is 0 Å². The van der Waals surface area contributed by atoms with E-state index in [4.69, 9.17) is 11.6 Å². The number of amides is 1. The van der Waals surface area contributed by atoms with Crippen LogP contribution in [0.3, 0.4) is 0 Å². The van der Waals surface area contributed by atoms with E-state index in [0.29, 0.717) is 22.8 Å². The van der Waals surface area contributed by atoms with Crippen LogP contribution in [0.5, 0.6) is 0 Å². The lowest BCUT2D eigenvalue weighted by atomic mass is 10.1. The Hall–Kier alpha value is -1.61. The first kappa shape index (κ1) is 13.8. The Balaban J connectivity index is 2.05. The minimum atomic E-state index is -0.444. The number of Topliss-reactive ketones (excluding diaryl/α,β-unsaturated/α-hetero) is 1. The molecule has 1 aromatic rings. The predicted molar refractivity (Wildman–Crippen MR) is 76.8 cm³/mol. The van der Waals surface area contributed by atoms with Crippen LogP contribution >= 0.6 is 11.6 Å². The van der Waals surface area contributed by atoms with E-state index in [-0.39, 0.29) is 0 Å². The molecule has 0 fully saturated rings. The summed E-state index contributed by atoms with van der Waals surface area (Å²) in [6.07, 6.45) is 5.81. The predicted octanol–water partition coefficient (Wildman–Crippen LogP) is 3.62. The maximum absolute atomic E-state index is 11.9. The van der Waals surface area contributed by atoms with Crippen molar-refractivity contribution in [1.29, 1.82) is 0 Å². The van der Waals surface area contributed by atoms with Crippen LogP contribution in [0.4, 0.5) is 5.69 Å². The molecule has 1 aliphatic heterocycles. The molecule has 1 heterocycles. The highest BCUT2D eigenvalue weighted by atomic mass is 35.5. The number of rotatable bonds is 6. The van der Waals surface area contributed by atoms with Gasteiger partial charge in [-0.2, -0.15) is 0 Å². The summed E-state index contributed by atoms with van der Waals surface area (Å²) in [6.45, 7) is 4.24. The summed E-state index contributed by atoms with van der Waals surface area (Å²) in [4.78, 5) is 25.3. The third-order valence-corrected chi connectivity index (χ3v) is 3.46. The number of benzene rings is 1. The van der Waals surface area contributed by atoms with Crippen molar-refractivity contribution in [2.45, 2.75) is 25.7 Å². The van der Waals surface area contributed by atoms with Gasteiger partial charge in [-0.15, -0.1) is 6.58 Å². The first-order chi connectivity index (χ1) is 9.15. The number of hydrogen-bond acceptors (Lipinski definition) is 2. The molecule has 19 heavy (non-hydrogen) atoms. The van der Waals surface area contributed by atoms with Crippen molar-refractivity contribution >= 4 is 29.0 Å². The van der Waals surface area contributed by atoms with Crippen LogP contribution in [0, 0.1) is 0 Å². The molecule has 4 heteroatoms. The van der Waals surface area contributed by atoms with E-state index in [2.05, 4.69) is 6.58 Å². The minimum Gasteiger partial charge on any atom is -0.305 e. The van der Waals surface area contributed by atoms with E-state index in [1.807, 2.05) is 6.08 Å². The summed E-state index contributed by atoms with van der Waals surface area (Å²) in [5.41, 5.74) is 1.10. The van der Waals surface area contributed by atoms with Gasteiger partial charge in [0.2, 0.25) is 0 Å². The largest absolute Gasteiger partial charge is 0.305 e. The number of unbranched alkanes of at least 4 members (excludes halogenated alkanes) is 3. The van der Waals surface area contributed by atoms with Gasteiger partial charge >= 0.3 is 0 Å². The first-order valence-electron chi connectivity index (χ1n) is 6.42. The van der Waals surface area contributed by atoms with Crippen LogP contribution < -0.4 is 4.90 Å². The highest BCUT2D eigenvalue weighted by Gasteiger charge is 2.35. The van der Waals surface area contributed by atoms with Gasteiger partial charge < -0.3 is 4.90 Å². The molecule has 0 N–H and O–H groups in total. The van der Waals surface area contributed by atoms with E-state index in [1.165, 1.54) is 4.90 Å². The highest BCUT2D eigenvalue weighted by molar-refractivity contribution is 6.52. The number of anilines is 1. The van der Waals surface area contributed by atoms with Gasteiger partial charge in [0.05, 0.1) is 11.3 Å². The molecule has 0 unspecified atom stereocenters. The molecule has 0 saturated heterocycles. The Bertz CT molecular complexity index is 525. The SMILES string of the molecule is C=CCCCCCN1C(=O)C(=O)c2ccc(Cl)cc21. The third-order valence-electron chi connectivity index (χ3n) is 3.22. The monoisotopic (exact) mass is 277 g/mol. The summed E-state index contributed by atoms with van der Waals surface area (Å²) >= 11 is 5.93. The van der Waals surface area contributed by atoms with Crippen molar-refractivity contribution in [2.75, 3.05) is 11.4 Å². The quantitative estimate of drug-likeness (QED) is 0.452. The van der Waals surface area contributed by atoms with Gasteiger partial charge in [0.15, 0.2) is 0 Å². The highest BCUT2D eigenvalue weighted by Crippen LogP contribution is 2.31. The second kappa shape index (κ2) is 6.02. The topological polar surface area (TPSA) is 37.4 Å². The lowest BCUT2D eigenvalue weighted by molar-refractivity contribution is -0.114. The molecule has 100 valence electrons. The lowest BCUT2D eigenvalue weighted by Gasteiger charge is -2.16. The second-order valence-electron chi connectivity index (χ2n) is 4.59. The maximum Gasteiger partial charge on any atom is 0.299 e. The van der Waals surface area contributed by atoms with Gasteiger partial charge in [-0.1, -0.05) is 24.1 Å². The molecule has 0 aromatic heterocycles. The van der Waals surface area contributed by atoms with Gasteiger partial charge in [0, 0.05) is 11.6 Å². The molecular weight excluding hydrogens is 262 g/mol. The van der Waals surface area contributed by atoms with Gasteiger partial charge in [-0.05, 0) is 37.5 Å². The molecule has 1 amide bonds. The smallest absolute Gasteiger partial charge is 0.299 e. The van der Waals surface area contributed by atoms with Gasteiger partial charge in [0.25, 0.3) is 11.7 Å². The number of halogens is 1. The molecule has 1 aromatic carbocycles. The number of allylic oxidation sites excluding steroid dienone is 1. The molecule has 0 radical (unpaired) electrons. The standard InChI is InChI=1S/C15H16ClNO2/c1-2-3-4-5-6-9-17-13-10-11(16)7-8-12(13)14(18)15(17)19/h2,7-8,10H,1,3-6,9H2. The number of nitrogens with zero attached hydrogens (tertiary/aromatic N) is 1. The number of carbonyl (C=O) groups is 2. The van der Waals surface area contributed by atoms with Crippen LogP contribution in [0.25, 0.3) is 0 Å². The van der Waals surface area contributed by atoms with E-state index in [0.717, 1.165) is 25.7 Å². The van der Waals surface area contributed by atoms with E-state index in [9.17, 15) is 9.59 Å². The third kappa shape index (κ3) is 2.87. The van der Waals surface area contributed by atoms with E-state index >= 15 is 0 Å². The molecule has 0 bridgehead atoms. The van der Waals surface area contributed by atoms with Crippen molar-refractivity contribution < 1.29 is 9.59 Å².